The molecule has 3 nitrogen and oxygen atoms in total. The van der Waals surface area contributed by atoms with E-state index in [9.17, 15) is 0 Å². The van der Waals surface area contributed by atoms with Crippen molar-refractivity contribution < 1.29 is 0 Å². The zero-order chi connectivity index (χ0) is 13.1. The molecule has 0 radical (unpaired) electrons. The van der Waals surface area contributed by atoms with E-state index in [-0.39, 0.29) is 4.75 Å². The molecule has 0 aliphatic carbocycles. The number of hydrogen-bond donors (Lipinski definition) is 1. The summed E-state index contributed by atoms with van der Waals surface area (Å²) in [5, 5.41) is 3.10. The van der Waals surface area contributed by atoms with Gasteiger partial charge in [-0.25, -0.2) is 9.97 Å². The van der Waals surface area contributed by atoms with Gasteiger partial charge in [0.25, 0.3) is 0 Å². The summed E-state index contributed by atoms with van der Waals surface area (Å²) in [7, 11) is 1.90. The standard InChI is InChI=1S/C13H23N3S/c1-9(2)10-7-11(14-6)16-12(15-10)8-17-13(3,4)5/h7,9H,8H2,1-6H3,(H,14,15,16). The lowest BCUT2D eigenvalue weighted by molar-refractivity contribution is 0.788. The van der Waals surface area contributed by atoms with Crippen LogP contribution in [0.25, 0.3) is 0 Å². The van der Waals surface area contributed by atoms with Gasteiger partial charge in [0.05, 0.1) is 5.75 Å². The summed E-state index contributed by atoms with van der Waals surface area (Å²) < 4.78 is 0.247. The van der Waals surface area contributed by atoms with E-state index in [4.69, 9.17) is 0 Å². The van der Waals surface area contributed by atoms with E-state index >= 15 is 0 Å². The smallest absolute Gasteiger partial charge is 0.140 e. The van der Waals surface area contributed by atoms with E-state index in [2.05, 4.69) is 49.9 Å². The van der Waals surface area contributed by atoms with Gasteiger partial charge in [-0.15, -0.1) is 11.8 Å². The lowest BCUT2D eigenvalue weighted by Gasteiger charge is -2.17. The molecule has 0 saturated carbocycles. The van der Waals surface area contributed by atoms with Crippen molar-refractivity contribution in [2.24, 2.45) is 0 Å². The summed E-state index contributed by atoms with van der Waals surface area (Å²) in [5.41, 5.74) is 1.11. The molecule has 17 heavy (non-hydrogen) atoms. The third kappa shape index (κ3) is 4.94. The Morgan fingerprint density at radius 1 is 1.29 bits per heavy atom. The zero-order valence-corrected chi connectivity index (χ0v) is 12.5. The van der Waals surface area contributed by atoms with Crippen molar-refractivity contribution in [2.75, 3.05) is 12.4 Å². The SMILES string of the molecule is CNc1cc(C(C)C)nc(CSC(C)(C)C)n1. The third-order valence-corrected chi connectivity index (χ3v) is 3.54. The minimum Gasteiger partial charge on any atom is -0.373 e. The Kier molecular flexibility index (Phi) is 4.80. The van der Waals surface area contributed by atoms with Crippen LogP contribution in [-0.2, 0) is 5.75 Å². The summed E-state index contributed by atoms with van der Waals surface area (Å²) in [4.78, 5) is 9.11. The first kappa shape index (κ1) is 14.3. The number of anilines is 1. The molecule has 0 aromatic carbocycles. The Morgan fingerprint density at radius 3 is 2.41 bits per heavy atom. The monoisotopic (exact) mass is 253 g/mol. The molecule has 1 rings (SSSR count). The Bertz CT molecular complexity index is 369. The van der Waals surface area contributed by atoms with E-state index in [0.29, 0.717) is 5.92 Å². The van der Waals surface area contributed by atoms with Crippen molar-refractivity contribution in [3.05, 3.63) is 17.6 Å². The average Bonchev–Trinajstić information content (AvgIpc) is 2.25. The molecular formula is C13H23N3S. The number of hydrogen-bond acceptors (Lipinski definition) is 4. The van der Waals surface area contributed by atoms with Gasteiger partial charge in [0.15, 0.2) is 0 Å². The van der Waals surface area contributed by atoms with Crippen LogP contribution in [0.2, 0.25) is 0 Å². The molecule has 1 aromatic rings. The van der Waals surface area contributed by atoms with Crippen molar-refractivity contribution in [3.63, 3.8) is 0 Å². The van der Waals surface area contributed by atoms with E-state index < -0.39 is 0 Å². The van der Waals surface area contributed by atoms with E-state index in [1.54, 1.807) is 0 Å². The Hall–Kier alpha value is -0.770. The van der Waals surface area contributed by atoms with Gasteiger partial charge in [0.1, 0.15) is 11.6 Å². The Labute approximate surface area is 109 Å². The first-order chi connectivity index (χ1) is 7.81. The molecule has 1 heterocycles. The maximum Gasteiger partial charge on any atom is 0.140 e. The molecule has 1 aromatic heterocycles. The van der Waals surface area contributed by atoms with Crippen molar-refractivity contribution in [1.82, 2.24) is 9.97 Å². The fourth-order valence-electron chi connectivity index (χ4n) is 1.29. The van der Waals surface area contributed by atoms with Gasteiger partial charge in [-0.05, 0) is 5.92 Å². The highest BCUT2D eigenvalue weighted by Crippen LogP contribution is 2.27. The summed E-state index contributed by atoms with van der Waals surface area (Å²) in [6.07, 6.45) is 0. The average molecular weight is 253 g/mol. The van der Waals surface area contributed by atoms with Gasteiger partial charge in [0.2, 0.25) is 0 Å². The third-order valence-electron chi connectivity index (χ3n) is 2.27. The maximum atomic E-state index is 4.61. The molecule has 0 unspecified atom stereocenters. The predicted molar refractivity (Wildman–Crippen MR) is 76.7 cm³/mol. The fourth-order valence-corrected chi connectivity index (χ4v) is 1.98. The van der Waals surface area contributed by atoms with Crippen LogP contribution < -0.4 is 5.32 Å². The van der Waals surface area contributed by atoms with Crippen molar-refractivity contribution in [2.45, 2.75) is 51.0 Å². The van der Waals surface area contributed by atoms with Crippen molar-refractivity contribution >= 4 is 17.6 Å². The molecule has 96 valence electrons. The molecule has 0 aliphatic rings. The van der Waals surface area contributed by atoms with Gasteiger partial charge in [-0.2, -0.15) is 0 Å². The minimum absolute atomic E-state index is 0.247. The quantitative estimate of drug-likeness (QED) is 0.888. The normalized spacial score (nSPS) is 11.9. The van der Waals surface area contributed by atoms with Crippen LogP contribution in [0.1, 0.15) is 52.1 Å². The van der Waals surface area contributed by atoms with Gasteiger partial charge >= 0.3 is 0 Å². The molecule has 0 aliphatic heterocycles. The van der Waals surface area contributed by atoms with E-state index in [1.165, 1.54) is 0 Å². The van der Waals surface area contributed by atoms with Gasteiger partial charge in [-0.3, -0.25) is 0 Å². The molecule has 0 fully saturated rings. The highest BCUT2D eigenvalue weighted by atomic mass is 32.2. The number of rotatable bonds is 4. The molecule has 1 N–H and O–H groups in total. The highest BCUT2D eigenvalue weighted by Gasteiger charge is 2.13. The molecule has 4 heteroatoms. The molecule has 0 saturated heterocycles. The first-order valence-electron chi connectivity index (χ1n) is 6.01. The predicted octanol–water partition coefficient (Wildman–Crippen LogP) is 3.67. The molecule has 0 atom stereocenters. The van der Waals surface area contributed by atoms with Gasteiger partial charge < -0.3 is 5.32 Å². The van der Waals surface area contributed by atoms with Crippen LogP contribution in [0.5, 0.6) is 0 Å². The highest BCUT2D eigenvalue weighted by molar-refractivity contribution is 7.99. The maximum absolute atomic E-state index is 4.61. The number of aromatic nitrogens is 2. The van der Waals surface area contributed by atoms with Gasteiger partial charge in [0, 0.05) is 23.6 Å². The second-order valence-corrected chi connectivity index (χ2v) is 7.20. The molecule has 0 bridgehead atoms. The largest absolute Gasteiger partial charge is 0.373 e. The number of nitrogens with zero attached hydrogens (tertiary/aromatic N) is 2. The van der Waals surface area contributed by atoms with Crippen molar-refractivity contribution in [1.29, 1.82) is 0 Å². The van der Waals surface area contributed by atoms with Crippen LogP contribution in [0.3, 0.4) is 0 Å². The lowest BCUT2D eigenvalue weighted by atomic mass is 10.1. The number of thioether (sulfide) groups is 1. The topological polar surface area (TPSA) is 37.8 Å². The minimum atomic E-state index is 0.247. The van der Waals surface area contributed by atoms with Crippen LogP contribution >= 0.6 is 11.8 Å². The van der Waals surface area contributed by atoms with Gasteiger partial charge in [-0.1, -0.05) is 34.6 Å². The van der Waals surface area contributed by atoms with Crippen LogP contribution in [-0.4, -0.2) is 21.8 Å². The fraction of sp³-hybridized carbons (Fsp3) is 0.692. The summed E-state index contributed by atoms with van der Waals surface area (Å²) >= 11 is 1.87. The molecule has 0 spiro atoms. The summed E-state index contributed by atoms with van der Waals surface area (Å²) in [5.74, 6) is 3.12. The van der Waals surface area contributed by atoms with Crippen LogP contribution in [0.4, 0.5) is 5.82 Å². The first-order valence-corrected chi connectivity index (χ1v) is 7.00. The van der Waals surface area contributed by atoms with Crippen LogP contribution in [0.15, 0.2) is 6.07 Å². The Morgan fingerprint density at radius 2 is 1.94 bits per heavy atom. The van der Waals surface area contributed by atoms with Crippen molar-refractivity contribution in [3.8, 4) is 0 Å². The number of nitrogens with one attached hydrogen (secondary N) is 1. The second-order valence-electron chi connectivity index (χ2n) is 5.40. The summed E-state index contributed by atoms with van der Waals surface area (Å²) in [6.45, 7) is 10.9. The van der Waals surface area contributed by atoms with E-state index in [0.717, 1.165) is 23.1 Å². The zero-order valence-electron chi connectivity index (χ0n) is 11.7. The van der Waals surface area contributed by atoms with Crippen LogP contribution in [0, 0.1) is 0 Å². The second kappa shape index (κ2) is 5.71. The Balaban J connectivity index is 2.87. The lowest BCUT2D eigenvalue weighted by Crippen LogP contribution is -2.10. The summed E-state index contributed by atoms with van der Waals surface area (Å²) in [6, 6.07) is 2.02. The molecule has 0 amide bonds. The van der Waals surface area contributed by atoms with E-state index in [1.807, 2.05) is 24.9 Å². The molecular weight excluding hydrogens is 230 g/mol.